The molecule has 2 aromatic rings. The van der Waals surface area contributed by atoms with Gasteiger partial charge in [-0.2, -0.15) is 0 Å². The number of likely N-dealkylation sites (tertiary alicyclic amines) is 1. The normalized spacial score (nSPS) is 14.6. The van der Waals surface area contributed by atoms with Crippen LogP contribution in [0.25, 0.3) is 0 Å². The number of pyridine rings is 1. The Morgan fingerprint density at radius 3 is 2.86 bits per heavy atom. The number of amides is 2. The van der Waals surface area contributed by atoms with Crippen LogP contribution in [-0.2, 0) is 4.79 Å². The number of thiophene rings is 1. The lowest BCUT2D eigenvalue weighted by Gasteiger charge is -2.37. The highest BCUT2D eigenvalue weighted by atomic mass is 32.1. The summed E-state index contributed by atoms with van der Waals surface area (Å²) in [5.74, 6) is 0.324. The smallest absolute Gasteiger partial charge is 0.263 e. The fourth-order valence-electron chi connectivity index (χ4n) is 2.20. The first kappa shape index (κ1) is 13.8. The van der Waals surface area contributed by atoms with Gasteiger partial charge in [-0.15, -0.1) is 11.3 Å². The number of nitrogens with one attached hydrogen (secondary N) is 1. The first-order valence-corrected chi connectivity index (χ1v) is 7.58. The SMILES string of the molecule is Cc1ccnc(NC(=O)C2CN(C(=O)c3cccs3)C2)c1. The zero-order valence-corrected chi connectivity index (χ0v) is 12.4. The van der Waals surface area contributed by atoms with Crippen LogP contribution >= 0.6 is 11.3 Å². The van der Waals surface area contributed by atoms with Crippen LogP contribution in [0.2, 0.25) is 0 Å². The maximum Gasteiger partial charge on any atom is 0.263 e. The molecule has 3 heterocycles. The predicted molar refractivity (Wildman–Crippen MR) is 81.3 cm³/mol. The molecule has 1 aliphatic rings. The van der Waals surface area contributed by atoms with Crippen molar-refractivity contribution >= 4 is 29.0 Å². The molecule has 1 N–H and O–H groups in total. The molecule has 2 aromatic heterocycles. The van der Waals surface area contributed by atoms with Gasteiger partial charge >= 0.3 is 0 Å². The largest absolute Gasteiger partial charge is 0.336 e. The van der Waals surface area contributed by atoms with E-state index in [1.165, 1.54) is 11.3 Å². The second-order valence-electron chi connectivity index (χ2n) is 5.09. The van der Waals surface area contributed by atoms with Crippen molar-refractivity contribution in [3.63, 3.8) is 0 Å². The van der Waals surface area contributed by atoms with Gasteiger partial charge in [-0.05, 0) is 36.1 Å². The van der Waals surface area contributed by atoms with Gasteiger partial charge < -0.3 is 10.2 Å². The average Bonchev–Trinajstić information content (AvgIpc) is 2.90. The highest BCUT2D eigenvalue weighted by molar-refractivity contribution is 7.12. The number of anilines is 1. The van der Waals surface area contributed by atoms with E-state index in [4.69, 9.17) is 0 Å². The summed E-state index contributed by atoms with van der Waals surface area (Å²) in [6.07, 6.45) is 1.67. The molecule has 0 saturated carbocycles. The number of hydrogen-bond acceptors (Lipinski definition) is 4. The minimum Gasteiger partial charge on any atom is -0.336 e. The third kappa shape index (κ3) is 2.95. The summed E-state index contributed by atoms with van der Waals surface area (Å²) in [7, 11) is 0. The van der Waals surface area contributed by atoms with Crippen molar-refractivity contribution in [1.82, 2.24) is 9.88 Å². The Balaban J connectivity index is 1.54. The van der Waals surface area contributed by atoms with Crippen molar-refractivity contribution in [3.05, 3.63) is 46.3 Å². The first-order valence-electron chi connectivity index (χ1n) is 6.70. The molecule has 5 nitrogen and oxygen atoms in total. The predicted octanol–water partition coefficient (Wildman–Crippen LogP) is 2.16. The topological polar surface area (TPSA) is 62.3 Å². The van der Waals surface area contributed by atoms with Gasteiger partial charge in [0.1, 0.15) is 5.82 Å². The molecule has 21 heavy (non-hydrogen) atoms. The van der Waals surface area contributed by atoms with E-state index in [-0.39, 0.29) is 17.7 Å². The number of nitrogens with zero attached hydrogens (tertiary/aromatic N) is 2. The van der Waals surface area contributed by atoms with Crippen molar-refractivity contribution in [2.45, 2.75) is 6.92 Å². The third-order valence-corrected chi connectivity index (χ3v) is 4.30. The molecule has 0 atom stereocenters. The van der Waals surface area contributed by atoms with Crippen molar-refractivity contribution < 1.29 is 9.59 Å². The van der Waals surface area contributed by atoms with Gasteiger partial charge in [-0.1, -0.05) is 6.07 Å². The number of rotatable bonds is 3. The number of hydrogen-bond donors (Lipinski definition) is 1. The van der Waals surface area contributed by atoms with Gasteiger partial charge in [0.05, 0.1) is 10.8 Å². The molecule has 6 heteroatoms. The van der Waals surface area contributed by atoms with Gasteiger partial charge in [0.25, 0.3) is 5.91 Å². The number of aromatic nitrogens is 1. The Hall–Kier alpha value is -2.21. The Bertz CT molecular complexity index is 663. The van der Waals surface area contributed by atoms with E-state index in [0.29, 0.717) is 23.8 Å². The third-order valence-electron chi connectivity index (χ3n) is 3.44. The Kier molecular flexibility index (Phi) is 3.70. The summed E-state index contributed by atoms with van der Waals surface area (Å²) < 4.78 is 0. The van der Waals surface area contributed by atoms with Crippen molar-refractivity contribution in [2.75, 3.05) is 18.4 Å². The Labute approximate surface area is 126 Å². The Morgan fingerprint density at radius 1 is 1.38 bits per heavy atom. The van der Waals surface area contributed by atoms with Crippen LogP contribution in [-0.4, -0.2) is 34.8 Å². The van der Waals surface area contributed by atoms with E-state index < -0.39 is 0 Å². The van der Waals surface area contributed by atoms with E-state index in [1.54, 1.807) is 17.2 Å². The monoisotopic (exact) mass is 301 g/mol. The molecule has 108 valence electrons. The summed E-state index contributed by atoms with van der Waals surface area (Å²) >= 11 is 1.42. The fourth-order valence-corrected chi connectivity index (χ4v) is 2.89. The highest BCUT2D eigenvalue weighted by Gasteiger charge is 2.36. The summed E-state index contributed by atoms with van der Waals surface area (Å²) in [5, 5.41) is 4.67. The number of carbonyl (C=O) groups excluding carboxylic acids is 2. The van der Waals surface area contributed by atoms with Gasteiger partial charge in [0, 0.05) is 19.3 Å². The molecule has 0 aromatic carbocycles. The van der Waals surface area contributed by atoms with E-state index >= 15 is 0 Å². The van der Waals surface area contributed by atoms with Gasteiger partial charge in [-0.3, -0.25) is 9.59 Å². The van der Waals surface area contributed by atoms with Gasteiger partial charge in [0.2, 0.25) is 5.91 Å². The van der Waals surface area contributed by atoms with Crippen molar-refractivity contribution in [2.24, 2.45) is 5.92 Å². The molecule has 0 bridgehead atoms. The molecule has 3 rings (SSSR count). The molecule has 1 saturated heterocycles. The average molecular weight is 301 g/mol. The van der Waals surface area contributed by atoms with E-state index in [1.807, 2.05) is 30.5 Å². The summed E-state index contributed by atoms with van der Waals surface area (Å²) in [5.41, 5.74) is 1.04. The van der Waals surface area contributed by atoms with Crippen LogP contribution in [0, 0.1) is 12.8 Å². The van der Waals surface area contributed by atoms with Gasteiger partial charge in [-0.25, -0.2) is 4.98 Å². The van der Waals surface area contributed by atoms with Crippen molar-refractivity contribution in [3.8, 4) is 0 Å². The molecule has 1 aliphatic heterocycles. The quantitative estimate of drug-likeness (QED) is 0.945. The maximum atomic E-state index is 12.1. The standard InChI is InChI=1S/C15H15N3O2S/c1-10-4-5-16-13(7-10)17-14(19)11-8-18(9-11)15(20)12-3-2-6-21-12/h2-7,11H,8-9H2,1H3,(H,16,17,19). The lowest BCUT2D eigenvalue weighted by Crippen LogP contribution is -2.54. The zero-order valence-electron chi connectivity index (χ0n) is 11.6. The molecular weight excluding hydrogens is 286 g/mol. The van der Waals surface area contributed by atoms with Crippen LogP contribution in [0.4, 0.5) is 5.82 Å². The number of carbonyl (C=O) groups is 2. The van der Waals surface area contributed by atoms with Crippen molar-refractivity contribution in [1.29, 1.82) is 0 Å². The zero-order chi connectivity index (χ0) is 14.8. The molecule has 0 radical (unpaired) electrons. The molecule has 1 fully saturated rings. The summed E-state index contributed by atoms with van der Waals surface area (Å²) in [4.78, 5) is 30.6. The van der Waals surface area contributed by atoms with Crippen LogP contribution in [0.3, 0.4) is 0 Å². The molecule has 0 aliphatic carbocycles. The van der Waals surface area contributed by atoms with Crippen LogP contribution < -0.4 is 5.32 Å². The molecule has 0 spiro atoms. The number of aryl methyl sites for hydroxylation is 1. The van der Waals surface area contributed by atoms with E-state index in [2.05, 4.69) is 10.3 Å². The van der Waals surface area contributed by atoms with Crippen LogP contribution in [0.5, 0.6) is 0 Å². The Morgan fingerprint density at radius 2 is 2.19 bits per heavy atom. The molecule has 0 unspecified atom stereocenters. The second-order valence-corrected chi connectivity index (χ2v) is 6.04. The first-order chi connectivity index (χ1) is 10.1. The molecule has 2 amide bonds. The lowest BCUT2D eigenvalue weighted by molar-refractivity contribution is -0.123. The minimum atomic E-state index is -0.156. The van der Waals surface area contributed by atoms with E-state index in [0.717, 1.165) is 5.56 Å². The maximum absolute atomic E-state index is 12.1. The second kappa shape index (κ2) is 5.65. The summed E-state index contributed by atoms with van der Waals surface area (Å²) in [6, 6.07) is 7.36. The molecular formula is C15H15N3O2S. The van der Waals surface area contributed by atoms with Crippen LogP contribution in [0.15, 0.2) is 35.8 Å². The summed E-state index contributed by atoms with van der Waals surface area (Å²) in [6.45, 7) is 2.88. The fraction of sp³-hybridized carbons (Fsp3) is 0.267. The minimum absolute atomic E-state index is 0.00253. The van der Waals surface area contributed by atoms with E-state index in [9.17, 15) is 9.59 Å². The van der Waals surface area contributed by atoms with Gasteiger partial charge in [0.15, 0.2) is 0 Å². The highest BCUT2D eigenvalue weighted by Crippen LogP contribution is 2.22. The lowest BCUT2D eigenvalue weighted by atomic mass is 9.99. The van der Waals surface area contributed by atoms with Crippen LogP contribution in [0.1, 0.15) is 15.2 Å².